The summed E-state index contributed by atoms with van der Waals surface area (Å²) in [5.41, 5.74) is 3.33. The summed E-state index contributed by atoms with van der Waals surface area (Å²) in [5, 5.41) is 0.686. The molecule has 4 rings (SSSR count). The molecule has 0 aliphatic carbocycles. The van der Waals surface area contributed by atoms with Gasteiger partial charge in [-0.25, -0.2) is 4.98 Å². The van der Waals surface area contributed by atoms with Crippen LogP contribution in [0, 0.1) is 0 Å². The predicted octanol–water partition coefficient (Wildman–Crippen LogP) is 7.03. The molecule has 0 aliphatic rings. The Bertz CT molecular complexity index is 1130. The Morgan fingerprint density at radius 3 is 2.26 bits per heavy atom. The zero-order valence-corrected chi connectivity index (χ0v) is 18.8. The molecule has 5 heteroatoms. The second kappa shape index (κ2) is 9.44. The number of fused-ring (bicyclic) bond motifs is 1. The van der Waals surface area contributed by atoms with Crippen molar-refractivity contribution in [2.45, 2.75) is 39.3 Å². The van der Waals surface area contributed by atoms with Gasteiger partial charge in [-0.15, -0.1) is 0 Å². The number of halogens is 1. The number of rotatable bonds is 8. The zero-order chi connectivity index (χ0) is 21.8. The van der Waals surface area contributed by atoms with E-state index in [1.165, 1.54) is 5.56 Å². The van der Waals surface area contributed by atoms with Crippen molar-refractivity contribution in [1.29, 1.82) is 0 Å². The molecule has 0 bridgehead atoms. The summed E-state index contributed by atoms with van der Waals surface area (Å²) in [6, 6.07) is 23.8. The Kier molecular flexibility index (Phi) is 6.47. The maximum absolute atomic E-state index is 6.14. The lowest BCUT2D eigenvalue weighted by atomic mass is 10.0. The Hall–Kier alpha value is -2.98. The fourth-order valence-electron chi connectivity index (χ4n) is 3.61. The molecule has 0 N–H and O–H groups in total. The lowest BCUT2D eigenvalue weighted by Crippen LogP contribution is -2.15. The molecule has 3 aromatic carbocycles. The highest BCUT2D eigenvalue weighted by molar-refractivity contribution is 6.30. The highest BCUT2D eigenvalue weighted by Gasteiger charge is 2.18. The molecule has 0 amide bonds. The van der Waals surface area contributed by atoms with Gasteiger partial charge in [0.05, 0.1) is 17.6 Å². The van der Waals surface area contributed by atoms with Gasteiger partial charge < -0.3 is 14.0 Å². The van der Waals surface area contributed by atoms with Crippen LogP contribution < -0.4 is 9.47 Å². The van der Waals surface area contributed by atoms with Crippen LogP contribution in [0.4, 0.5) is 0 Å². The van der Waals surface area contributed by atoms with Crippen LogP contribution >= 0.6 is 11.6 Å². The second-order valence-corrected chi connectivity index (χ2v) is 8.33. The average Bonchev–Trinajstić information content (AvgIpc) is 3.14. The molecule has 4 aromatic rings. The molecule has 4 nitrogen and oxygen atoms in total. The lowest BCUT2D eigenvalue weighted by Gasteiger charge is -2.17. The van der Waals surface area contributed by atoms with E-state index in [9.17, 15) is 0 Å². The fourth-order valence-corrected chi connectivity index (χ4v) is 3.74. The molecule has 31 heavy (non-hydrogen) atoms. The SMILES string of the molecule is CC(C)c1ccc(OCCn2c(C(C)Oc3ccc(Cl)cc3)nc3ccccc32)cc1. The number of nitrogens with zero attached hydrogens (tertiary/aromatic N) is 2. The van der Waals surface area contributed by atoms with E-state index in [0.717, 1.165) is 28.4 Å². The number of para-hydroxylation sites is 2. The standard InChI is InChI=1S/C26H27ClN2O2/c1-18(2)20-8-12-22(13-9-20)30-17-16-29-25-7-5-4-6-24(25)28-26(29)19(3)31-23-14-10-21(27)11-15-23/h4-15,18-19H,16-17H2,1-3H3. The van der Waals surface area contributed by atoms with Crippen LogP contribution in [0.5, 0.6) is 11.5 Å². The normalized spacial score (nSPS) is 12.3. The van der Waals surface area contributed by atoms with E-state index in [2.05, 4.69) is 36.6 Å². The number of ether oxygens (including phenoxy) is 2. The van der Waals surface area contributed by atoms with Crippen molar-refractivity contribution < 1.29 is 9.47 Å². The molecule has 0 saturated heterocycles. The van der Waals surface area contributed by atoms with Crippen LogP contribution in [-0.4, -0.2) is 16.2 Å². The highest BCUT2D eigenvalue weighted by Crippen LogP contribution is 2.26. The molecular weight excluding hydrogens is 408 g/mol. The zero-order valence-electron chi connectivity index (χ0n) is 18.1. The summed E-state index contributed by atoms with van der Waals surface area (Å²) in [4.78, 5) is 4.84. The maximum atomic E-state index is 6.14. The summed E-state index contributed by atoms with van der Waals surface area (Å²) < 4.78 is 14.3. The quantitative estimate of drug-likeness (QED) is 0.298. The van der Waals surface area contributed by atoms with E-state index >= 15 is 0 Å². The number of benzene rings is 3. The van der Waals surface area contributed by atoms with Crippen LogP contribution in [0.1, 0.15) is 44.2 Å². The summed E-state index contributed by atoms with van der Waals surface area (Å²) in [6.07, 6.45) is -0.223. The first kappa shape index (κ1) is 21.3. The molecule has 1 heterocycles. The van der Waals surface area contributed by atoms with Gasteiger partial charge in [-0.05, 0) is 66.9 Å². The minimum absolute atomic E-state index is 0.223. The van der Waals surface area contributed by atoms with Crippen molar-refractivity contribution in [2.24, 2.45) is 0 Å². The molecule has 1 unspecified atom stereocenters. The summed E-state index contributed by atoms with van der Waals surface area (Å²) in [6.45, 7) is 7.61. The lowest BCUT2D eigenvalue weighted by molar-refractivity contribution is 0.207. The van der Waals surface area contributed by atoms with Gasteiger partial charge in [0.25, 0.3) is 0 Å². The molecule has 0 radical (unpaired) electrons. The Labute approximate surface area is 188 Å². The van der Waals surface area contributed by atoms with E-state index in [1.54, 1.807) is 0 Å². The van der Waals surface area contributed by atoms with Gasteiger partial charge in [0.2, 0.25) is 0 Å². The highest BCUT2D eigenvalue weighted by atomic mass is 35.5. The van der Waals surface area contributed by atoms with Crippen LogP contribution in [0.2, 0.25) is 5.02 Å². The van der Waals surface area contributed by atoms with Crippen molar-refractivity contribution in [3.05, 3.63) is 89.2 Å². The van der Waals surface area contributed by atoms with Crippen LogP contribution in [-0.2, 0) is 6.54 Å². The van der Waals surface area contributed by atoms with Gasteiger partial charge in [0.1, 0.15) is 18.1 Å². The number of imidazole rings is 1. The van der Waals surface area contributed by atoms with E-state index < -0.39 is 0 Å². The first-order valence-electron chi connectivity index (χ1n) is 10.6. The molecule has 0 saturated carbocycles. The van der Waals surface area contributed by atoms with Crippen LogP contribution in [0.25, 0.3) is 11.0 Å². The van der Waals surface area contributed by atoms with Crippen LogP contribution in [0.3, 0.4) is 0 Å². The Balaban J connectivity index is 1.51. The monoisotopic (exact) mass is 434 g/mol. The van der Waals surface area contributed by atoms with Crippen molar-refractivity contribution in [3.8, 4) is 11.5 Å². The van der Waals surface area contributed by atoms with Crippen molar-refractivity contribution in [3.63, 3.8) is 0 Å². The molecule has 0 aliphatic heterocycles. The third-order valence-electron chi connectivity index (χ3n) is 5.30. The molecule has 1 atom stereocenters. The van der Waals surface area contributed by atoms with Gasteiger partial charge in [0, 0.05) is 5.02 Å². The smallest absolute Gasteiger partial charge is 0.153 e. The molecule has 0 spiro atoms. The van der Waals surface area contributed by atoms with E-state index in [0.29, 0.717) is 24.1 Å². The summed E-state index contributed by atoms with van der Waals surface area (Å²) in [5.74, 6) is 3.02. The first-order valence-corrected chi connectivity index (χ1v) is 11.0. The summed E-state index contributed by atoms with van der Waals surface area (Å²) in [7, 11) is 0. The topological polar surface area (TPSA) is 36.3 Å². The number of aromatic nitrogens is 2. The second-order valence-electron chi connectivity index (χ2n) is 7.90. The average molecular weight is 435 g/mol. The first-order chi connectivity index (χ1) is 15.0. The van der Waals surface area contributed by atoms with Gasteiger partial charge in [0.15, 0.2) is 11.9 Å². The molecular formula is C26H27ClN2O2. The maximum Gasteiger partial charge on any atom is 0.153 e. The fraction of sp³-hybridized carbons (Fsp3) is 0.269. The number of hydrogen-bond acceptors (Lipinski definition) is 3. The number of hydrogen-bond donors (Lipinski definition) is 0. The van der Waals surface area contributed by atoms with E-state index in [-0.39, 0.29) is 6.10 Å². The van der Waals surface area contributed by atoms with Gasteiger partial charge >= 0.3 is 0 Å². The molecule has 160 valence electrons. The third-order valence-corrected chi connectivity index (χ3v) is 5.56. The molecule has 0 fully saturated rings. The third kappa shape index (κ3) is 5.02. The minimum atomic E-state index is -0.223. The Morgan fingerprint density at radius 2 is 1.55 bits per heavy atom. The molecule has 1 aromatic heterocycles. The predicted molar refractivity (Wildman–Crippen MR) is 126 cm³/mol. The van der Waals surface area contributed by atoms with Crippen LogP contribution in [0.15, 0.2) is 72.8 Å². The minimum Gasteiger partial charge on any atom is -0.492 e. The van der Waals surface area contributed by atoms with Gasteiger partial charge in [-0.1, -0.05) is 49.7 Å². The van der Waals surface area contributed by atoms with Crippen molar-refractivity contribution in [2.75, 3.05) is 6.61 Å². The van der Waals surface area contributed by atoms with Crippen molar-refractivity contribution in [1.82, 2.24) is 9.55 Å². The van der Waals surface area contributed by atoms with E-state index in [4.69, 9.17) is 26.1 Å². The Morgan fingerprint density at radius 1 is 0.871 bits per heavy atom. The van der Waals surface area contributed by atoms with Gasteiger partial charge in [-0.3, -0.25) is 0 Å². The largest absolute Gasteiger partial charge is 0.492 e. The van der Waals surface area contributed by atoms with Gasteiger partial charge in [-0.2, -0.15) is 0 Å². The van der Waals surface area contributed by atoms with Crippen molar-refractivity contribution >= 4 is 22.6 Å². The van der Waals surface area contributed by atoms with E-state index in [1.807, 2.05) is 61.5 Å². The summed E-state index contributed by atoms with van der Waals surface area (Å²) >= 11 is 5.99.